The van der Waals surface area contributed by atoms with Gasteiger partial charge in [0, 0.05) is 17.5 Å². The molecule has 1 heterocycles. The average molecular weight is 393 g/mol. The molecule has 2 rings (SSSR count). The van der Waals surface area contributed by atoms with E-state index in [1.807, 2.05) is 36.6 Å². The Morgan fingerprint density at radius 2 is 2.00 bits per heavy atom. The van der Waals surface area contributed by atoms with Crippen molar-refractivity contribution in [2.24, 2.45) is 0 Å². The van der Waals surface area contributed by atoms with Crippen LogP contribution in [0.3, 0.4) is 0 Å². The van der Waals surface area contributed by atoms with E-state index in [-0.39, 0.29) is 32.8 Å². The predicted molar refractivity (Wildman–Crippen MR) is 103 cm³/mol. The monoisotopic (exact) mass is 393 g/mol. The summed E-state index contributed by atoms with van der Waals surface area (Å²) in [5.74, 6) is -1.55. The zero-order chi connectivity index (χ0) is 19.6. The molecule has 27 heavy (non-hydrogen) atoms. The first-order chi connectivity index (χ1) is 13.0. The van der Waals surface area contributed by atoms with Crippen molar-refractivity contribution >= 4 is 28.3 Å². The third kappa shape index (κ3) is 7.06. The molecule has 0 aliphatic carbocycles. The van der Waals surface area contributed by atoms with Gasteiger partial charge < -0.3 is 25.6 Å². The number of hydrogen-bond acceptors (Lipinski definition) is 7. The molecule has 0 saturated heterocycles. The fourth-order valence-corrected chi connectivity index (χ4v) is 3.00. The maximum atomic E-state index is 12.1. The van der Waals surface area contributed by atoms with Gasteiger partial charge in [-0.05, 0) is 6.92 Å². The fraction of sp³-hybridized carbons (Fsp3) is 0.389. The SMILES string of the molecule is Cc1ccc(-c2csc(NC(=O)CC(NCCOCCO)C(=O)O)n2)cc1. The highest BCUT2D eigenvalue weighted by molar-refractivity contribution is 7.14. The molecule has 0 aliphatic rings. The first-order valence-electron chi connectivity index (χ1n) is 8.47. The van der Waals surface area contributed by atoms with Crippen LogP contribution < -0.4 is 10.6 Å². The van der Waals surface area contributed by atoms with Gasteiger partial charge in [-0.1, -0.05) is 29.8 Å². The quantitative estimate of drug-likeness (QED) is 0.427. The molecule has 9 heteroatoms. The standard InChI is InChI=1S/C18H23N3O5S/c1-12-2-4-13(5-3-12)15-11-27-18(20-15)21-16(23)10-14(17(24)25)19-6-8-26-9-7-22/h2-5,11,14,19,22H,6-10H2,1H3,(H,24,25)(H,20,21,23). The lowest BCUT2D eigenvalue weighted by Gasteiger charge is -2.13. The maximum Gasteiger partial charge on any atom is 0.321 e. The van der Waals surface area contributed by atoms with Crippen molar-refractivity contribution in [2.75, 3.05) is 31.7 Å². The van der Waals surface area contributed by atoms with Gasteiger partial charge in [0.2, 0.25) is 5.91 Å². The molecular formula is C18H23N3O5S. The van der Waals surface area contributed by atoms with Crippen molar-refractivity contribution in [1.82, 2.24) is 10.3 Å². The molecule has 1 unspecified atom stereocenters. The number of anilines is 1. The minimum atomic E-state index is -1.12. The van der Waals surface area contributed by atoms with Gasteiger partial charge in [0.1, 0.15) is 6.04 Å². The number of aliphatic hydroxyl groups excluding tert-OH is 1. The van der Waals surface area contributed by atoms with Crippen molar-refractivity contribution < 1.29 is 24.5 Å². The third-order valence-electron chi connectivity index (χ3n) is 3.66. The van der Waals surface area contributed by atoms with E-state index in [1.165, 1.54) is 11.3 Å². The summed E-state index contributed by atoms with van der Waals surface area (Å²) in [6.07, 6.45) is -0.227. The largest absolute Gasteiger partial charge is 0.480 e. The van der Waals surface area contributed by atoms with Gasteiger partial charge >= 0.3 is 5.97 Å². The van der Waals surface area contributed by atoms with Crippen LogP contribution in [0.5, 0.6) is 0 Å². The zero-order valence-corrected chi connectivity index (χ0v) is 15.8. The van der Waals surface area contributed by atoms with Crippen molar-refractivity contribution in [3.05, 3.63) is 35.2 Å². The molecule has 0 fully saturated rings. The van der Waals surface area contributed by atoms with Gasteiger partial charge in [-0.25, -0.2) is 4.98 Å². The predicted octanol–water partition coefficient (Wildman–Crippen LogP) is 1.50. The van der Waals surface area contributed by atoms with E-state index in [2.05, 4.69) is 15.6 Å². The Labute approximate surface area is 161 Å². The number of thiazole rings is 1. The van der Waals surface area contributed by atoms with Crippen molar-refractivity contribution in [2.45, 2.75) is 19.4 Å². The molecule has 0 bridgehead atoms. The number of nitrogens with zero attached hydrogens (tertiary/aromatic N) is 1. The smallest absolute Gasteiger partial charge is 0.321 e. The second-order valence-corrected chi connectivity index (χ2v) is 6.70. The number of benzene rings is 1. The first-order valence-corrected chi connectivity index (χ1v) is 9.34. The van der Waals surface area contributed by atoms with Crippen LogP contribution >= 0.6 is 11.3 Å². The summed E-state index contributed by atoms with van der Waals surface area (Å²) in [6, 6.07) is 6.86. The van der Waals surface area contributed by atoms with E-state index in [1.54, 1.807) is 0 Å². The molecule has 146 valence electrons. The van der Waals surface area contributed by atoms with Gasteiger partial charge in [0.25, 0.3) is 0 Å². The summed E-state index contributed by atoms with van der Waals surface area (Å²) in [5.41, 5.74) is 2.85. The number of amides is 1. The third-order valence-corrected chi connectivity index (χ3v) is 4.42. The molecule has 1 aromatic heterocycles. The lowest BCUT2D eigenvalue weighted by Crippen LogP contribution is -2.41. The van der Waals surface area contributed by atoms with E-state index in [4.69, 9.17) is 9.84 Å². The second-order valence-electron chi connectivity index (χ2n) is 5.84. The number of nitrogens with one attached hydrogen (secondary N) is 2. The lowest BCUT2D eigenvalue weighted by atomic mass is 10.1. The number of rotatable bonds is 11. The minimum Gasteiger partial charge on any atom is -0.480 e. The number of aryl methyl sites for hydroxylation is 1. The second kappa shape index (κ2) is 10.7. The zero-order valence-electron chi connectivity index (χ0n) is 15.0. The molecule has 0 spiro atoms. The van der Waals surface area contributed by atoms with E-state index in [0.29, 0.717) is 5.13 Å². The Bertz CT molecular complexity index is 748. The van der Waals surface area contributed by atoms with Crippen LogP contribution in [0, 0.1) is 6.92 Å². The molecule has 1 atom stereocenters. The number of carbonyl (C=O) groups excluding carboxylic acids is 1. The number of ether oxygens (including phenoxy) is 1. The Balaban J connectivity index is 1.86. The van der Waals surface area contributed by atoms with Gasteiger partial charge in [0.15, 0.2) is 5.13 Å². The van der Waals surface area contributed by atoms with Crippen LogP contribution in [0.2, 0.25) is 0 Å². The van der Waals surface area contributed by atoms with Crippen molar-refractivity contribution in [3.8, 4) is 11.3 Å². The van der Waals surface area contributed by atoms with Crippen LogP contribution in [-0.2, 0) is 14.3 Å². The summed E-state index contributed by atoms with van der Waals surface area (Å²) in [6.45, 7) is 2.61. The van der Waals surface area contributed by atoms with Crippen LogP contribution in [0.4, 0.5) is 5.13 Å². The van der Waals surface area contributed by atoms with E-state index in [0.717, 1.165) is 16.8 Å². The fourth-order valence-electron chi connectivity index (χ4n) is 2.26. The Morgan fingerprint density at radius 1 is 1.26 bits per heavy atom. The first kappa shape index (κ1) is 21.0. The number of hydrogen-bond donors (Lipinski definition) is 4. The Morgan fingerprint density at radius 3 is 2.67 bits per heavy atom. The maximum absolute atomic E-state index is 12.1. The highest BCUT2D eigenvalue weighted by atomic mass is 32.1. The van der Waals surface area contributed by atoms with E-state index < -0.39 is 17.9 Å². The summed E-state index contributed by atoms with van der Waals surface area (Å²) in [7, 11) is 0. The molecule has 1 aromatic carbocycles. The van der Waals surface area contributed by atoms with Crippen LogP contribution in [0.25, 0.3) is 11.3 Å². The summed E-state index contributed by atoms with van der Waals surface area (Å²) in [4.78, 5) is 27.8. The Kier molecular flexibility index (Phi) is 8.34. The normalized spacial score (nSPS) is 11.9. The van der Waals surface area contributed by atoms with Gasteiger partial charge in [-0.2, -0.15) is 0 Å². The molecule has 2 aromatic rings. The molecule has 0 radical (unpaired) electrons. The van der Waals surface area contributed by atoms with E-state index >= 15 is 0 Å². The highest BCUT2D eigenvalue weighted by Gasteiger charge is 2.21. The number of aromatic nitrogens is 1. The molecule has 0 saturated carbocycles. The minimum absolute atomic E-state index is 0.0941. The van der Waals surface area contributed by atoms with E-state index in [9.17, 15) is 14.7 Å². The van der Waals surface area contributed by atoms with Crippen molar-refractivity contribution in [1.29, 1.82) is 0 Å². The van der Waals surface area contributed by atoms with Crippen LogP contribution in [-0.4, -0.2) is 59.5 Å². The summed E-state index contributed by atoms with van der Waals surface area (Å²) < 4.78 is 5.05. The van der Waals surface area contributed by atoms with Gasteiger partial charge in [0.05, 0.1) is 31.9 Å². The summed E-state index contributed by atoms with van der Waals surface area (Å²) >= 11 is 1.28. The number of aliphatic carboxylic acids is 1. The number of carboxylic acids is 1. The average Bonchev–Trinajstić information content (AvgIpc) is 3.09. The van der Waals surface area contributed by atoms with Crippen LogP contribution in [0.15, 0.2) is 29.6 Å². The molecule has 4 N–H and O–H groups in total. The van der Waals surface area contributed by atoms with Crippen molar-refractivity contribution in [3.63, 3.8) is 0 Å². The number of carbonyl (C=O) groups is 2. The summed E-state index contributed by atoms with van der Waals surface area (Å²) in [5, 5.41) is 25.5. The number of aliphatic hydroxyl groups is 1. The molecule has 1 amide bonds. The lowest BCUT2D eigenvalue weighted by molar-refractivity contribution is -0.141. The number of carboxylic acid groups (broad SMARTS) is 1. The molecular weight excluding hydrogens is 370 g/mol. The molecule has 8 nitrogen and oxygen atoms in total. The van der Waals surface area contributed by atoms with Gasteiger partial charge in [-0.3, -0.25) is 9.59 Å². The topological polar surface area (TPSA) is 121 Å². The molecule has 0 aliphatic heterocycles. The van der Waals surface area contributed by atoms with Gasteiger partial charge in [-0.15, -0.1) is 11.3 Å². The Hall–Kier alpha value is -2.33. The van der Waals surface area contributed by atoms with Crippen LogP contribution in [0.1, 0.15) is 12.0 Å². The highest BCUT2D eigenvalue weighted by Crippen LogP contribution is 2.25.